The van der Waals surface area contributed by atoms with Crippen molar-refractivity contribution in [1.29, 1.82) is 0 Å². The summed E-state index contributed by atoms with van der Waals surface area (Å²) < 4.78 is 46.1. The molecule has 2 amide bonds. The minimum absolute atomic E-state index is 0.108. The molecule has 0 saturated heterocycles. The van der Waals surface area contributed by atoms with Crippen LogP contribution in [-0.2, 0) is 9.59 Å². The second-order valence-corrected chi connectivity index (χ2v) is 11.5. The lowest BCUT2D eigenvalue weighted by Gasteiger charge is -2.44. The van der Waals surface area contributed by atoms with Crippen molar-refractivity contribution in [1.82, 2.24) is 14.9 Å². The number of methoxy groups -OCH3 is 1. The Morgan fingerprint density at radius 3 is 2.26 bits per heavy atom. The number of nitrogens with zero attached hydrogens (tertiary/aromatic N) is 3. The van der Waals surface area contributed by atoms with Crippen molar-refractivity contribution in [3.05, 3.63) is 72.6 Å². The van der Waals surface area contributed by atoms with Gasteiger partial charge in [0.15, 0.2) is 23.1 Å². The number of aromatic nitrogens is 2. The molecular weight excluding hydrogens is 608 g/mol. The van der Waals surface area contributed by atoms with E-state index in [0.29, 0.717) is 47.5 Å². The molecule has 0 unspecified atom stereocenters. The van der Waals surface area contributed by atoms with Crippen LogP contribution in [0.25, 0.3) is 10.9 Å². The van der Waals surface area contributed by atoms with Crippen LogP contribution in [0, 0.1) is 23.0 Å². The highest BCUT2D eigenvalue weighted by Crippen LogP contribution is 2.48. The van der Waals surface area contributed by atoms with Crippen molar-refractivity contribution in [3.8, 4) is 23.1 Å². The van der Waals surface area contributed by atoms with Crippen molar-refractivity contribution in [2.75, 3.05) is 44.0 Å². The van der Waals surface area contributed by atoms with Crippen molar-refractivity contribution in [2.24, 2.45) is 11.3 Å². The highest BCUT2D eigenvalue weighted by atomic mass is 19.1. The summed E-state index contributed by atoms with van der Waals surface area (Å²) >= 11 is 0. The zero-order chi connectivity index (χ0) is 33.6. The van der Waals surface area contributed by atoms with Crippen molar-refractivity contribution >= 4 is 34.1 Å². The van der Waals surface area contributed by atoms with E-state index >= 15 is 4.39 Å². The number of fused-ring (bicyclic) bond motifs is 1. The molecule has 10 nitrogen and oxygen atoms in total. The number of carbonyl (C=O) groups excluding carboxylic acids is 2. The van der Waals surface area contributed by atoms with Gasteiger partial charge >= 0.3 is 0 Å². The van der Waals surface area contributed by atoms with E-state index in [9.17, 15) is 14.0 Å². The Kier molecular flexibility index (Phi) is 10.5. The second kappa shape index (κ2) is 14.7. The van der Waals surface area contributed by atoms with Crippen LogP contribution in [0.1, 0.15) is 40.0 Å². The fraction of sp³-hybridized carbons (Fsp3) is 0.371. The zero-order valence-electron chi connectivity index (χ0n) is 26.9. The maximum Gasteiger partial charge on any atom is 0.240 e. The molecule has 4 aromatic rings. The van der Waals surface area contributed by atoms with Crippen LogP contribution in [0.15, 0.2) is 60.9 Å². The van der Waals surface area contributed by atoms with Crippen LogP contribution in [0.5, 0.6) is 23.1 Å². The van der Waals surface area contributed by atoms with Gasteiger partial charge in [0, 0.05) is 30.1 Å². The molecule has 0 radical (unpaired) electrons. The lowest BCUT2D eigenvalue weighted by molar-refractivity contribution is -0.148. The Labute approximate surface area is 272 Å². The van der Waals surface area contributed by atoms with Crippen LogP contribution in [-0.4, -0.2) is 60.0 Å². The Hall–Kier alpha value is -4.84. The van der Waals surface area contributed by atoms with Crippen molar-refractivity contribution in [3.63, 3.8) is 0 Å². The fourth-order valence-electron chi connectivity index (χ4n) is 5.69. The number of ether oxygens (including phenoxy) is 3. The number of amides is 2. The number of hydrogen-bond acceptors (Lipinski definition) is 8. The smallest absolute Gasteiger partial charge is 0.240 e. The normalized spacial score (nSPS) is 17.2. The molecule has 0 spiro atoms. The van der Waals surface area contributed by atoms with E-state index in [4.69, 9.17) is 14.2 Å². The zero-order valence-corrected chi connectivity index (χ0v) is 26.9. The van der Waals surface area contributed by atoms with Gasteiger partial charge in [-0.25, -0.2) is 18.7 Å². The highest BCUT2D eigenvalue weighted by molar-refractivity contribution is 6.15. The SMILES string of the molecule is CCN(CC)CCCOc1cc2ncnc(Oc3ccc(NC(=O)[C@]4(C(=O)Nc5ccc(F)cc5)CC[C@H]4C)cc3F)c2cc1OC. The van der Waals surface area contributed by atoms with E-state index in [1.807, 2.05) is 6.92 Å². The van der Waals surface area contributed by atoms with E-state index in [-0.39, 0.29) is 23.2 Å². The molecule has 47 heavy (non-hydrogen) atoms. The van der Waals surface area contributed by atoms with Gasteiger partial charge in [0.1, 0.15) is 17.6 Å². The largest absolute Gasteiger partial charge is 0.493 e. The Balaban J connectivity index is 1.28. The summed E-state index contributed by atoms with van der Waals surface area (Å²) in [7, 11) is 1.53. The van der Waals surface area contributed by atoms with Gasteiger partial charge in [0.05, 0.1) is 24.6 Å². The average molecular weight is 648 g/mol. The minimum Gasteiger partial charge on any atom is -0.493 e. The van der Waals surface area contributed by atoms with Gasteiger partial charge in [0.2, 0.25) is 17.7 Å². The summed E-state index contributed by atoms with van der Waals surface area (Å²) in [5, 5.41) is 5.90. The maximum atomic E-state index is 15.3. The van der Waals surface area contributed by atoms with E-state index < -0.39 is 28.9 Å². The molecule has 0 bridgehead atoms. The standard InChI is InChI=1S/C35H39F2N5O5/c1-5-42(6-2)16-7-17-46-31-20-28-26(19-30(31)45-4)32(39-21-38-28)47-29-13-12-25(18-27(29)37)41-34(44)35(15-14-22(35)3)33(43)40-24-10-8-23(36)9-11-24/h8-13,18-22H,5-7,14-17H2,1-4H3,(H,40,43)(H,41,44)/t22-,35-/m1/s1. The molecule has 3 aromatic carbocycles. The van der Waals surface area contributed by atoms with Gasteiger partial charge in [-0.05, 0) is 80.7 Å². The molecule has 1 aromatic heterocycles. The van der Waals surface area contributed by atoms with Crippen molar-refractivity contribution < 1.29 is 32.6 Å². The van der Waals surface area contributed by atoms with Gasteiger partial charge in [-0.2, -0.15) is 0 Å². The molecule has 1 aliphatic carbocycles. The lowest BCUT2D eigenvalue weighted by Crippen LogP contribution is -2.56. The summed E-state index contributed by atoms with van der Waals surface area (Å²) in [6.07, 6.45) is 3.16. The van der Waals surface area contributed by atoms with E-state index in [1.54, 1.807) is 12.1 Å². The first-order chi connectivity index (χ1) is 22.7. The number of anilines is 2. The summed E-state index contributed by atoms with van der Waals surface area (Å²) in [6, 6.07) is 12.7. The number of nitrogens with one attached hydrogen (secondary N) is 2. The van der Waals surface area contributed by atoms with Gasteiger partial charge in [-0.15, -0.1) is 0 Å². The summed E-state index contributed by atoms with van der Waals surface area (Å²) in [5.41, 5.74) is -0.297. The fourth-order valence-corrected chi connectivity index (χ4v) is 5.69. The van der Waals surface area contributed by atoms with Crippen LogP contribution in [0.4, 0.5) is 20.2 Å². The van der Waals surface area contributed by atoms with E-state index in [2.05, 4.69) is 39.3 Å². The second-order valence-electron chi connectivity index (χ2n) is 11.5. The van der Waals surface area contributed by atoms with Gasteiger partial charge in [-0.1, -0.05) is 20.8 Å². The molecule has 248 valence electrons. The van der Waals surface area contributed by atoms with Gasteiger partial charge < -0.3 is 29.7 Å². The van der Waals surface area contributed by atoms with Gasteiger partial charge in [-0.3, -0.25) is 9.59 Å². The molecule has 1 aliphatic rings. The summed E-state index contributed by atoms with van der Waals surface area (Å²) in [4.78, 5) is 37.6. The number of hydrogen-bond donors (Lipinski definition) is 2. The molecule has 1 saturated carbocycles. The quantitative estimate of drug-likeness (QED) is 0.113. The number of carbonyl (C=O) groups is 2. The highest BCUT2D eigenvalue weighted by Gasteiger charge is 2.56. The van der Waals surface area contributed by atoms with Crippen molar-refractivity contribution in [2.45, 2.75) is 40.0 Å². The molecule has 1 fully saturated rings. The Morgan fingerprint density at radius 2 is 1.64 bits per heavy atom. The Morgan fingerprint density at radius 1 is 0.936 bits per heavy atom. The van der Waals surface area contributed by atoms with E-state index in [0.717, 1.165) is 32.1 Å². The number of benzene rings is 3. The first kappa shape index (κ1) is 33.5. The van der Waals surface area contributed by atoms with Crippen LogP contribution >= 0.6 is 0 Å². The molecule has 2 atom stereocenters. The van der Waals surface area contributed by atoms with Gasteiger partial charge in [0.25, 0.3) is 0 Å². The molecule has 12 heteroatoms. The minimum atomic E-state index is -1.35. The molecular formula is C35H39F2N5O5. The third-order valence-electron chi connectivity index (χ3n) is 8.78. The monoisotopic (exact) mass is 647 g/mol. The molecule has 2 N–H and O–H groups in total. The maximum absolute atomic E-state index is 15.3. The first-order valence-electron chi connectivity index (χ1n) is 15.7. The summed E-state index contributed by atoms with van der Waals surface area (Å²) in [5.74, 6) is -1.52. The number of halogens is 2. The third kappa shape index (κ3) is 7.27. The predicted octanol–water partition coefficient (Wildman–Crippen LogP) is 6.81. The van der Waals surface area contributed by atoms with Crippen LogP contribution < -0.4 is 24.8 Å². The van der Waals surface area contributed by atoms with E-state index in [1.165, 1.54) is 49.8 Å². The lowest BCUT2D eigenvalue weighted by atomic mass is 9.59. The number of rotatable bonds is 14. The average Bonchev–Trinajstić information content (AvgIpc) is 3.06. The first-order valence-corrected chi connectivity index (χ1v) is 15.7. The molecule has 1 heterocycles. The molecule has 5 rings (SSSR count). The topological polar surface area (TPSA) is 115 Å². The van der Waals surface area contributed by atoms with Crippen LogP contribution in [0.2, 0.25) is 0 Å². The Bertz CT molecular complexity index is 1730. The summed E-state index contributed by atoms with van der Waals surface area (Å²) in [6.45, 7) is 9.44. The third-order valence-corrected chi connectivity index (χ3v) is 8.78. The van der Waals surface area contributed by atoms with Crippen LogP contribution in [0.3, 0.4) is 0 Å². The molecule has 0 aliphatic heterocycles. The predicted molar refractivity (Wildman–Crippen MR) is 175 cm³/mol.